The molecule has 0 radical (unpaired) electrons. The van der Waals surface area contributed by atoms with Crippen LogP contribution in [0.2, 0.25) is 5.02 Å². The molecule has 96 valence electrons. The van der Waals surface area contributed by atoms with Gasteiger partial charge in [-0.25, -0.2) is 0 Å². The van der Waals surface area contributed by atoms with Crippen LogP contribution in [0.4, 0.5) is 0 Å². The summed E-state index contributed by atoms with van der Waals surface area (Å²) in [5, 5.41) is 0.646. The van der Waals surface area contributed by atoms with Gasteiger partial charge in [0.2, 0.25) is 0 Å². The summed E-state index contributed by atoms with van der Waals surface area (Å²) >= 11 is 5.91. The summed E-state index contributed by atoms with van der Waals surface area (Å²) in [6.07, 6.45) is 0.229. The van der Waals surface area contributed by atoms with Crippen molar-refractivity contribution in [3.63, 3.8) is 0 Å². The van der Waals surface area contributed by atoms with Crippen LogP contribution in [0.1, 0.15) is 12.0 Å². The average Bonchev–Trinajstić information content (AvgIpc) is 2.69. The Labute approximate surface area is 110 Å². The predicted octanol–water partition coefficient (Wildman–Crippen LogP) is 1.66. The molecule has 0 aliphatic carbocycles. The van der Waals surface area contributed by atoms with Gasteiger partial charge in [-0.15, -0.1) is 0 Å². The molecule has 1 atom stereocenters. The second-order valence-corrected chi connectivity index (χ2v) is 4.75. The third-order valence-electron chi connectivity index (χ3n) is 2.99. The van der Waals surface area contributed by atoms with Crippen molar-refractivity contribution in [2.24, 2.45) is 0 Å². The van der Waals surface area contributed by atoms with Crippen LogP contribution in [-0.2, 0) is 20.9 Å². The van der Waals surface area contributed by atoms with Gasteiger partial charge in [0.25, 0.3) is 0 Å². The number of halogens is 1. The topological polar surface area (TPSA) is 46.6 Å². The Balaban J connectivity index is 2.12. The van der Waals surface area contributed by atoms with E-state index in [9.17, 15) is 9.59 Å². The molecule has 0 bridgehead atoms. The van der Waals surface area contributed by atoms with Gasteiger partial charge in [0.1, 0.15) is 11.8 Å². The molecule has 1 aliphatic rings. The number of nitrogens with zero attached hydrogens (tertiary/aromatic N) is 1. The minimum Gasteiger partial charge on any atom is -0.468 e. The highest BCUT2D eigenvalue weighted by Crippen LogP contribution is 2.20. The predicted molar refractivity (Wildman–Crippen MR) is 67.3 cm³/mol. The summed E-state index contributed by atoms with van der Waals surface area (Å²) < 4.78 is 4.72. The minimum absolute atomic E-state index is 0.0624. The maximum absolute atomic E-state index is 11.6. The second-order valence-electron chi connectivity index (χ2n) is 4.32. The molecule has 5 heteroatoms. The minimum atomic E-state index is -0.471. The molecule has 1 aromatic carbocycles. The summed E-state index contributed by atoms with van der Waals surface area (Å²) in [6, 6.07) is 6.92. The number of esters is 1. The molecule has 0 N–H and O–H groups in total. The number of rotatable bonds is 3. The normalized spacial score (nSPS) is 20.1. The van der Waals surface area contributed by atoms with Gasteiger partial charge >= 0.3 is 5.97 Å². The molecular formula is C13H14ClNO3. The zero-order chi connectivity index (χ0) is 13.1. The largest absolute Gasteiger partial charge is 0.468 e. The van der Waals surface area contributed by atoms with Crippen molar-refractivity contribution >= 4 is 23.4 Å². The molecule has 1 heterocycles. The monoisotopic (exact) mass is 267 g/mol. The van der Waals surface area contributed by atoms with Crippen LogP contribution in [0, 0.1) is 0 Å². The molecule has 1 aromatic rings. The number of carbonyl (C=O) groups excluding carboxylic acids is 2. The molecule has 1 aliphatic heterocycles. The van der Waals surface area contributed by atoms with E-state index in [0.29, 0.717) is 11.6 Å². The smallest absolute Gasteiger partial charge is 0.323 e. The molecule has 1 unspecified atom stereocenters. The van der Waals surface area contributed by atoms with Gasteiger partial charge in [-0.05, 0) is 17.7 Å². The second kappa shape index (κ2) is 5.50. The van der Waals surface area contributed by atoms with Crippen LogP contribution in [0.5, 0.6) is 0 Å². The fourth-order valence-corrected chi connectivity index (χ4v) is 2.36. The van der Waals surface area contributed by atoms with Crippen molar-refractivity contribution in [2.75, 3.05) is 13.7 Å². The maximum atomic E-state index is 11.6. The number of likely N-dealkylation sites (tertiary alicyclic amines) is 1. The molecule has 0 aromatic heterocycles. The summed E-state index contributed by atoms with van der Waals surface area (Å²) in [4.78, 5) is 24.9. The third-order valence-corrected chi connectivity index (χ3v) is 3.22. The highest BCUT2D eigenvalue weighted by Gasteiger charge is 2.36. The van der Waals surface area contributed by atoms with E-state index in [0.717, 1.165) is 5.56 Å². The van der Waals surface area contributed by atoms with Crippen LogP contribution < -0.4 is 0 Å². The van der Waals surface area contributed by atoms with E-state index < -0.39 is 6.04 Å². The van der Waals surface area contributed by atoms with E-state index in [1.165, 1.54) is 7.11 Å². The molecule has 1 fully saturated rings. The van der Waals surface area contributed by atoms with Crippen LogP contribution >= 0.6 is 11.6 Å². The number of hydrogen-bond acceptors (Lipinski definition) is 4. The van der Waals surface area contributed by atoms with Gasteiger partial charge in [-0.1, -0.05) is 23.7 Å². The number of carbonyl (C=O) groups is 2. The summed E-state index contributed by atoms with van der Waals surface area (Å²) in [6.45, 7) is 0.804. The zero-order valence-electron chi connectivity index (χ0n) is 10.1. The number of hydrogen-bond donors (Lipinski definition) is 0. The maximum Gasteiger partial charge on any atom is 0.323 e. The molecular weight excluding hydrogens is 254 g/mol. The quantitative estimate of drug-likeness (QED) is 0.782. The first kappa shape index (κ1) is 13.1. The van der Waals surface area contributed by atoms with Gasteiger partial charge in [0, 0.05) is 18.0 Å². The fourth-order valence-electron chi connectivity index (χ4n) is 2.15. The number of methoxy groups -OCH3 is 1. The molecule has 0 amide bonds. The summed E-state index contributed by atoms with van der Waals surface area (Å²) in [5.74, 6) is -0.296. The van der Waals surface area contributed by atoms with E-state index in [1.54, 1.807) is 6.07 Å². The van der Waals surface area contributed by atoms with Crippen molar-refractivity contribution in [3.05, 3.63) is 34.9 Å². The molecule has 18 heavy (non-hydrogen) atoms. The lowest BCUT2D eigenvalue weighted by Crippen LogP contribution is -2.36. The van der Waals surface area contributed by atoms with Crippen LogP contribution in [0.25, 0.3) is 0 Å². The average molecular weight is 268 g/mol. The Kier molecular flexibility index (Phi) is 3.99. The van der Waals surface area contributed by atoms with Crippen molar-refractivity contribution in [1.82, 2.24) is 4.90 Å². The van der Waals surface area contributed by atoms with Crippen molar-refractivity contribution < 1.29 is 14.3 Å². The lowest BCUT2D eigenvalue weighted by atomic mass is 10.2. The molecule has 2 rings (SSSR count). The van der Waals surface area contributed by atoms with Gasteiger partial charge in [0.15, 0.2) is 0 Å². The lowest BCUT2D eigenvalue weighted by Gasteiger charge is -2.21. The number of ether oxygens (including phenoxy) is 1. The lowest BCUT2D eigenvalue weighted by molar-refractivity contribution is -0.146. The standard InChI is InChI=1S/C13H14ClNO3/c1-18-13(17)12-6-11(16)8-15(12)7-9-3-2-4-10(14)5-9/h2-5,12H,6-8H2,1H3. The number of benzene rings is 1. The van der Waals surface area contributed by atoms with Crippen LogP contribution in [-0.4, -0.2) is 36.3 Å². The van der Waals surface area contributed by atoms with Gasteiger partial charge in [-0.3, -0.25) is 14.5 Å². The Bertz CT molecular complexity index is 475. The summed E-state index contributed by atoms with van der Waals surface area (Å²) in [7, 11) is 1.34. The van der Waals surface area contributed by atoms with Crippen molar-refractivity contribution in [2.45, 2.75) is 19.0 Å². The fraction of sp³-hybridized carbons (Fsp3) is 0.385. The number of ketones is 1. The Hall–Kier alpha value is -1.39. The summed E-state index contributed by atoms with van der Waals surface area (Å²) in [5.41, 5.74) is 0.978. The van der Waals surface area contributed by atoms with E-state index in [-0.39, 0.29) is 24.7 Å². The molecule has 1 saturated heterocycles. The molecule has 0 saturated carbocycles. The van der Waals surface area contributed by atoms with E-state index in [1.807, 2.05) is 23.1 Å². The van der Waals surface area contributed by atoms with E-state index >= 15 is 0 Å². The highest BCUT2D eigenvalue weighted by atomic mass is 35.5. The third kappa shape index (κ3) is 2.89. The van der Waals surface area contributed by atoms with Crippen molar-refractivity contribution in [3.8, 4) is 0 Å². The number of Topliss-reactive ketones (excluding diaryl/α,β-unsaturated/α-hetero) is 1. The SMILES string of the molecule is COC(=O)C1CC(=O)CN1Cc1cccc(Cl)c1. The Morgan fingerprint density at radius 1 is 1.56 bits per heavy atom. The van der Waals surface area contributed by atoms with E-state index in [2.05, 4.69) is 0 Å². The van der Waals surface area contributed by atoms with Gasteiger partial charge in [0.05, 0.1) is 13.7 Å². The first-order chi connectivity index (χ1) is 8.60. The van der Waals surface area contributed by atoms with E-state index in [4.69, 9.17) is 16.3 Å². The first-order valence-electron chi connectivity index (χ1n) is 5.68. The molecule has 0 spiro atoms. The van der Waals surface area contributed by atoms with Gasteiger partial charge in [-0.2, -0.15) is 0 Å². The van der Waals surface area contributed by atoms with Crippen LogP contribution in [0.15, 0.2) is 24.3 Å². The Morgan fingerprint density at radius 2 is 2.33 bits per heavy atom. The molecule has 4 nitrogen and oxygen atoms in total. The van der Waals surface area contributed by atoms with Crippen LogP contribution in [0.3, 0.4) is 0 Å². The van der Waals surface area contributed by atoms with Gasteiger partial charge < -0.3 is 4.74 Å². The first-order valence-corrected chi connectivity index (χ1v) is 6.06. The zero-order valence-corrected chi connectivity index (χ0v) is 10.8. The Morgan fingerprint density at radius 3 is 3.00 bits per heavy atom. The highest BCUT2D eigenvalue weighted by molar-refractivity contribution is 6.30. The van der Waals surface area contributed by atoms with Crippen molar-refractivity contribution in [1.29, 1.82) is 0 Å².